The highest BCUT2D eigenvalue weighted by Gasteiger charge is 2.17. The third-order valence-electron chi connectivity index (χ3n) is 3.74. The van der Waals surface area contributed by atoms with Gasteiger partial charge < -0.3 is 10.4 Å². The Balaban J connectivity index is 1.84. The van der Waals surface area contributed by atoms with Crippen LogP contribution in [0.4, 0.5) is 5.69 Å². The van der Waals surface area contributed by atoms with Crippen LogP contribution in [0.2, 0.25) is 0 Å². The summed E-state index contributed by atoms with van der Waals surface area (Å²) in [5.74, 6) is -0.336. The average molecular weight is 322 g/mol. The van der Waals surface area contributed by atoms with E-state index in [0.717, 1.165) is 11.3 Å². The Labute approximate surface area is 139 Å². The van der Waals surface area contributed by atoms with E-state index in [0.29, 0.717) is 11.4 Å². The van der Waals surface area contributed by atoms with Crippen LogP contribution >= 0.6 is 0 Å². The SMILES string of the molecule is Cc1c(C(=O)Nc2cccc([C@@H](C)O)c2)nnn1-c1ccccc1. The first-order valence-corrected chi connectivity index (χ1v) is 7.63. The normalized spacial score (nSPS) is 12.0. The van der Waals surface area contributed by atoms with Crippen molar-refractivity contribution in [3.8, 4) is 5.69 Å². The number of rotatable bonds is 4. The van der Waals surface area contributed by atoms with Crippen LogP contribution in [0.3, 0.4) is 0 Å². The van der Waals surface area contributed by atoms with Gasteiger partial charge in [0.25, 0.3) is 5.91 Å². The molecule has 6 heteroatoms. The molecule has 0 fully saturated rings. The summed E-state index contributed by atoms with van der Waals surface area (Å²) >= 11 is 0. The van der Waals surface area contributed by atoms with Gasteiger partial charge in [-0.05, 0) is 43.7 Å². The van der Waals surface area contributed by atoms with E-state index >= 15 is 0 Å². The van der Waals surface area contributed by atoms with Crippen LogP contribution in [-0.4, -0.2) is 26.0 Å². The number of aliphatic hydroxyl groups is 1. The van der Waals surface area contributed by atoms with Crippen molar-refractivity contribution in [1.82, 2.24) is 15.0 Å². The molecule has 3 rings (SSSR count). The molecule has 122 valence electrons. The van der Waals surface area contributed by atoms with Gasteiger partial charge in [-0.25, -0.2) is 4.68 Å². The lowest BCUT2D eigenvalue weighted by Gasteiger charge is -2.08. The topological polar surface area (TPSA) is 80.0 Å². The van der Waals surface area contributed by atoms with Crippen LogP contribution < -0.4 is 5.32 Å². The van der Waals surface area contributed by atoms with Crippen molar-refractivity contribution in [1.29, 1.82) is 0 Å². The highest BCUT2D eigenvalue weighted by atomic mass is 16.3. The van der Waals surface area contributed by atoms with E-state index in [9.17, 15) is 9.90 Å². The Bertz CT molecular complexity index is 856. The van der Waals surface area contributed by atoms with Crippen LogP contribution in [0.1, 0.15) is 34.8 Å². The largest absolute Gasteiger partial charge is 0.389 e. The monoisotopic (exact) mass is 322 g/mol. The van der Waals surface area contributed by atoms with E-state index in [4.69, 9.17) is 0 Å². The number of carbonyl (C=O) groups excluding carboxylic acids is 1. The number of hydrogen-bond donors (Lipinski definition) is 2. The molecular formula is C18H18N4O2. The predicted octanol–water partition coefficient (Wildman–Crippen LogP) is 2.88. The van der Waals surface area contributed by atoms with E-state index in [1.165, 1.54) is 0 Å². The van der Waals surface area contributed by atoms with E-state index in [-0.39, 0.29) is 11.6 Å². The quantitative estimate of drug-likeness (QED) is 0.774. The summed E-state index contributed by atoms with van der Waals surface area (Å²) in [6, 6.07) is 16.6. The molecule has 0 radical (unpaired) electrons. The lowest BCUT2D eigenvalue weighted by molar-refractivity contribution is 0.102. The van der Waals surface area contributed by atoms with Crippen LogP contribution in [0.25, 0.3) is 5.69 Å². The van der Waals surface area contributed by atoms with Gasteiger partial charge in [-0.15, -0.1) is 5.10 Å². The van der Waals surface area contributed by atoms with Crippen LogP contribution in [0.15, 0.2) is 54.6 Å². The standard InChI is InChI=1S/C18H18N4O2/c1-12-17(20-21-22(12)16-9-4-3-5-10-16)18(24)19-15-8-6-7-14(11-15)13(2)23/h3-11,13,23H,1-2H3,(H,19,24)/t13-/m1/s1. The van der Waals surface area contributed by atoms with Crippen molar-refractivity contribution in [3.63, 3.8) is 0 Å². The lowest BCUT2D eigenvalue weighted by atomic mass is 10.1. The fraction of sp³-hybridized carbons (Fsp3) is 0.167. The van der Waals surface area contributed by atoms with E-state index < -0.39 is 6.10 Å². The summed E-state index contributed by atoms with van der Waals surface area (Å²) in [4.78, 5) is 12.5. The first kappa shape index (κ1) is 15.9. The third-order valence-corrected chi connectivity index (χ3v) is 3.74. The molecule has 0 bridgehead atoms. The van der Waals surface area contributed by atoms with Gasteiger partial charge in [-0.1, -0.05) is 35.5 Å². The number of aliphatic hydroxyl groups excluding tert-OH is 1. The Morgan fingerprint density at radius 2 is 1.92 bits per heavy atom. The molecule has 1 atom stereocenters. The minimum atomic E-state index is -0.595. The molecule has 0 unspecified atom stereocenters. The molecule has 1 heterocycles. The van der Waals surface area contributed by atoms with Crippen molar-refractivity contribution in [3.05, 3.63) is 71.5 Å². The number of para-hydroxylation sites is 1. The first-order chi connectivity index (χ1) is 11.6. The Morgan fingerprint density at radius 1 is 1.17 bits per heavy atom. The first-order valence-electron chi connectivity index (χ1n) is 7.63. The van der Waals surface area contributed by atoms with Crippen molar-refractivity contribution in [2.75, 3.05) is 5.32 Å². The zero-order chi connectivity index (χ0) is 17.1. The number of amides is 1. The third kappa shape index (κ3) is 3.18. The number of nitrogens with zero attached hydrogens (tertiary/aromatic N) is 3. The van der Waals surface area contributed by atoms with Gasteiger partial charge in [0.05, 0.1) is 17.5 Å². The minimum absolute atomic E-state index is 0.265. The number of benzene rings is 2. The molecule has 0 saturated carbocycles. The average Bonchev–Trinajstić information content (AvgIpc) is 2.97. The predicted molar refractivity (Wildman–Crippen MR) is 91.1 cm³/mol. The van der Waals surface area contributed by atoms with Crippen molar-refractivity contribution < 1.29 is 9.90 Å². The zero-order valence-corrected chi connectivity index (χ0v) is 13.5. The second-order valence-corrected chi connectivity index (χ2v) is 5.53. The van der Waals surface area contributed by atoms with Crippen LogP contribution in [0.5, 0.6) is 0 Å². The van der Waals surface area contributed by atoms with Crippen molar-refractivity contribution in [2.45, 2.75) is 20.0 Å². The van der Waals surface area contributed by atoms with Gasteiger partial charge in [0.1, 0.15) is 0 Å². The molecule has 0 aliphatic carbocycles. The van der Waals surface area contributed by atoms with Gasteiger partial charge in [0.2, 0.25) is 0 Å². The summed E-state index contributed by atoms with van der Waals surface area (Å²) in [6.45, 7) is 3.48. The second-order valence-electron chi connectivity index (χ2n) is 5.53. The summed E-state index contributed by atoms with van der Waals surface area (Å²) in [6.07, 6.45) is -0.595. The molecule has 1 amide bonds. The van der Waals surface area contributed by atoms with Gasteiger partial charge in [-0.2, -0.15) is 0 Å². The smallest absolute Gasteiger partial charge is 0.278 e. The van der Waals surface area contributed by atoms with Gasteiger partial charge in [0.15, 0.2) is 5.69 Å². The molecule has 2 aromatic carbocycles. The summed E-state index contributed by atoms with van der Waals surface area (Å²) in [7, 11) is 0. The number of carbonyl (C=O) groups is 1. The Hall–Kier alpha value is -2.99. The molecule has 0 aliphatic heterocycles. The minimum Gasteiger partial charge on any atom is -0.389 e. The van der Waals surface area contributed by atoms with Crippen molar-refractivity contribution in [2.24, 2.45) is 0 Å². The Morgan fingerprint density at radius 3 is 2.62 bits per heavy atom. The zero-order valence-electron chi connectivity index (χ0n) is 13.5. The number of aromatic nitrogens is 3. The maximum atomic E-state index is 12.5. The van der Waals surface area contributed by atoms with Gasteiger partial charge in [0, 0.05) is 5.69 Å². The molecule has 2 N–H and O–H groups in total. The van der Waals surface area contributed by atoms with E-state index in [2.05, 4.69) is 15.6 Å². The number of nitrogens with one attached hydrogen (secondary N) is 1. The number of hydrogen-bond acceptors (Lipinski definition) is 4. The van der Waals surface area contributed by atoms with Gasteiger partial charge in [-0.3, -0.25) is 4.79 Å². The van der Waals surface area contributed by atoms with Crippen LogP contribution in [-0.2, 0) is 0 Å². The molecule has 3 aromatic rings. The van der Waals surface area contributed by atoms with Crippen LogP contribution in [0, 0.1) is 6.92 Å². The lowest BCUT2D eigenvalue weighted by Crippen LogP contribution is -2.14. The fourth-order valence-corrected chi connectivity index (χ4v) is 2.42. The summed E-state index contributed by atoms with van der Waals surface area (Å²) in [5, 5.41) is 20.5. The summed E-state index contributed by atoms with van der Waals surface area (Å²) in [5.41, 5.74) is 3.11. The van der Waals surface area contributed by atoms with E-state index in [1.807, 2.05) is 30.3 Å². The molecule has 0 spiro atoms. The summed E-state index contributed by atoms with van der Waals surface area (Å²) < 4.78 is 1.63. The molecule has 24 heavy (non-hydrogen) atoms. The maximum Gasteiger partial charge on any atom is 0.278 e. The highest BCUT2D eigenvalue weighted by molar-refractivity contribution is 6.03. The maximum absolute atomic E-state index is 12.5. The molecular weight excluding hydrogens is 304 g/mol. The molecule has 0 saturated heterocycles. The Kier molecular flexibility index (Phi) is 4.39. The van der Waals surface area contributed by atoms with E-state index in [1.54, 1.807) is 42.8 Å². The molecule has 1 aromatic heterocycles. The van der Waals surface area contributed by atoms with Gasteiger partial charge >= 0.3 is 0 Å². The van der Waals surface area contributed by atoms with Crippen molar-refractivity contribution >= 4 is 11.6 Å². The fourth-order valence-electron chi connectivity index (χ4n) is 2.42. The number of anilines is 1. The molecule has 6 nitrogen and oxygen atoms in total. The second kappa shape index (κ2) is 6.64. The highest BCUT2D eigenvalue weighted by Crippen LogP contribution is 2.18. The molecule has 0 aliphatic rings.